The second kappa shape index (κ2) is 5.24. The topological polar surface area (TPSA) is 79.5 Å². The van der Waals surface area contributed by atoms with Crippen molar-refractivity contribution >= 4 is 11.9 Å². The second-order valence-electron chi connectivity index (χ2n) is 4.03. The largest absolute Gasteiger partial charge is 0.478 e. The van der Waals surface area contributed by atoms with E-state index in [-0.39, 0.29) is 17.4 Å². The Balaban J connectivity index is 2.54. The number of carbonyl (C=O) groups is 1. The van der Waals surface area contributed by atoms with E-state index in [1.807, 2.05) is 6.92 Å². The summed E-state index contributed by atoms with van der Waals surface area (Å²) in [5, 5.41) is 12.7. The second-order valence-corrected chi connectivity index (χ2v) is 4.03. The summed E-state index contributed by atoms with van der Waals surface area (Å²) in [6.07, 6.45) is 0. The van der Waals surface area contributed by atoms with Gasteiger partial charge in [-0.2, -0.15) is 4.98 Å². The van der Waals surface area contributed by atoms with Gasteiger partial charge in [-0.3, -0.25) is 0 Å². The number of halogens is 2. The molecule has 20 heavy (non-hydrogen) atoms. The zero-order valence-electron chi connectivity index (χ0n) is 10.7. The molecule has 0 saturated heterocycles. The average molecular weight is 283 g/mol. The van der Waals surface area contributed by atoms with Gasteiger partial charge in [-0.1, -0.05) is 0 Å². The van der Waals surface area contributed by atoms with Crippen LogP contribution in [0.15, 0.2) is 16.7 Å². The Kier molecular flexibility index (Phi) is 3.64. The number of hydrogen-bond donors (Lipinski definition) is 1. The van der Waals surface area contributed by atoms with Crippen LogP contribution in [-0.4, -0.2) is 34.8 Å². The molecule has 2 rings (SSSR count). The van der Waals surface area contributed by atoms with Gasteiger partial charge in [-0.05, 0) is 24.2 Å². The van der Waals surface area contributed by atoms with Crippen molar-refractivity contribution < 1.29 is 23.2 Å². The third-order valence-corrected chi connectivity index (χ3v) is 2.75. The SMILES string of the molecule is CCN(C)c1noc(-c2cc(F)c(F)cc2C(=O)O)n1. The molecule has 0 aliphatic rings. The number of aromatic nitrogens is 2. The van der Waals surface area contributed by atoms with Gasteiger partial charge < -0.3 is 14.5 Å². The lowest BCUT2D eigenvalue weighted by Gasteiger charge is -2.08. The van der Waals surface area contributed by atoms with Gasteiger partial charge in [-0.25, -0.2) is 13.6 Å². The minimum atomic E-state index is -1.41. The molecule has 0 aliphatic carbocycles. The molecule has 1 aromatic carbocycles. The first kappa shape index (κ1) is 13.9. The summed E-state index contributed by atoms with van der Waals surface area (Å²) in [5.41, 5.74) is -0.613. The summed E-state index contributed by atoms with van der Waals surface area (Å²) in [6.45, 7) is 2.46. The number of anilines is 1. The van der Waals surface area contributed by atoms with Crippen LogP contribution in [0.5, 0.6) is 0 Å². The third kappa shape index (κ3) is 2.44. The Morgan fingerprint density at radius 2 is 2.05 bits per heavy atom. The number of nitrogens with zero attached hydrogens (tertiary/aromatic N) is 3. The molecule has 1 N–H and O–H groups in total. The first-order chi connectivity index (χ1) is 9.43. The molecule has 8 heteroatoms. The van der Waals surface area contributed by atoms with E-state index in [1.165, 1.54) is 0 Å². The maximum atomic E-state index is 13.3. The molecule has 0 unspecified atom stereocenters. The predicted octanol–water partition coefficient (Wildman–Crippen LogP) is 2.17. The van der Waals surface area contributed by atoms with E-state index in [2.05, 4.69) is 10.1 Å². The molecule has 0 amide bonds. The van der Waals surface area contributed by atoms with Crippen LogP contribution in [0, 0.1) is 11.6 Å². The van der Waals surface area contributed by atoms with Gasteiger partial charge in [0.15, 0.2) is 11.6 Å². The van der Waals surface area contributed by atoms with Crippen LogP contribution >= 0.6 is 0 Å². The highest BCUT2D eigenvalue weighted by Crippen LogP contribution is 2.26. The lowest BCUT2D eigenvalue weighted by molar-refractivity contribution is 0.0696. The van der Waals surface area contributed by atoms with Gasteiger partial charge in [0.25, 0.3) is 11.8 Å². The quantitative estimate of drug-likeness (QED) is 0.926. The van der Waals surface area contributed by atoms with Crippen molar-refractivity contribution in [1.82, 2.24) is 10.1 Å². The average Bonchev–Trinajstić information content (AvgIpc) is 2.89. The van der Waals surface area contributed by atoms with Gasteiger partial charge in [0.05, 0.1) is 11.1 Å². The fourth-order valence-electron chi connectivity index (χ4n) is 1.52. The van der Waals surface area contributed by atoms with Crippen molar-refractivity contribution in [2.45, 2.75) is 6.92 Å². The molecule has 0 atom stereocenters. The number of benzene rings is 1. The van der Waals surface area contributed by atoms with Crippen LogP contribution in [0.2, 0.25) is 0 Å². The van der Waals surface area contributed by atoms with Crippen LogP contribution in [0.4, 0.5) is 14.7 Å². The number of carboxylic acids is 1. The van der Waals surface area contributed by atoms with Crippen LogP contribution in [0.25, 0.3) is 11.5 Å². The molecular weight excluding hydrogens is 272 g/mol. The molecule has 2 aromatic rings. The van der Waals surface area contributed by atoms with Crippen molar-refractivity contribution in [3.8, 4) is 11.5 Å². The van der Waals surface area contributed by atoms with Crippen molar-refractivity contribution in [1.29, 1.82) is 0 Å². The highest BCUT2D eigenvalue weighted by atomic mass is 19.2. The van der Waals surface area contributed by atoms with E-state index in [0.717, 1.165) is 6.07 Å². The standard InChI is InChI=1S/C12H11F2N3O3/c1-3-17(2)12-15-10(20-16-12)6-4-8(13)9(14)5-7(6)11(18)19/h4-5H,3H2,1-2H3,(H,18,19). The first-order valence-corrected chi connectivity index (χ1v) is 5.71. The Hall–Kier alpha value is -2.51. The van der Waals surface area contributed by atoms with Crippen molar-refractivity contribution in [3.63, 3.8) is 0 Å². The molecule has 0 spiro atoms. The number of aromatic carboxylic acids is 1. The van der Waals surface area contributed by atoms with Gasteiger partial charge in [-0.15, -0.1) is 0 Å². The van der Waals surface area contributed by atoms with Crippen LogP contribution in [0.1, 0.15) is 17.3 Å². The van der Waals surface area contributed by atoms with Crippen molar-refractivity contribution in [2.24, 2.45) is 0 Å². The van der Waals surface area contributed by atoms with Gasteiger partial charge in [0, 0.05) is 13.6 Å². The van der Waals surface area contributed by atoms with E-state index in [0.29, 0.717) is 12.6 Å². The normalized spacial score (nSPS) is 10.6. The van der Waals surface area contributed by atoms with Crippen LogP contribution in [-0.2, 0) is 0 Å². The molecule has 1 aromatic heterocycles. The van der Waals surface area contributed by atoms with Gasteiger partial charge in [0.2, 0.25) is 0 Å². The molecular formula is C12H11F2N3O3. The molecule has 0 bridgehead atoms. The Labute approximate surface area is 112 Å². The summed E-state index contributed by atoms with van der Waals surface area (Å²) in [7, 11) is 1.71. The lowest BCUT2D eigenvalue weighted by Crippen LogP contribution is -2.17. The fourth-order valence-corrected chi connectivity index (χ4v) is 1.52. The maximum Gasteiger partial charge on any atom is 0.336 e. The Morgan fingerprint density at radius 1 is 1.40 bits per heavy atom. The summed E-state index contributed by atoms with van der Waals surface area (Å²) < 4.78 is 31.3. The zero-order valence-corrected chi connectivity index (χ0v) is 10.7. The summed E-state index contributed by atoms with van der Waals surface area (Å²) >= 11 is 0. The number of rotatable bonds is 4. The molecule has 0 fully saturated rings. The van der Waals surface area contributed by atoms with Gasteiger partial charge >= 0.3 is 5.97 Å². The predicted molar refractivity (Wildman–Crippen MR) is 65.6 cm³/mol. The Morgan fingerprint density at radius 3 is 2.65 bits per heavy atom. The minimum absolute atomic E-state index is 0.167. The number of hydrogen-bond acceptors (Lipinski definition) is 5. The van der Waals surface area contributed by atoms with E-state index in [4.69, 9.17) is 9.63 Å². The number of carboxylic acid groups (broad SMARTS) is 1. The highest BCUT2D eigenvalue weighted by Gasteiger charge is 2.21. The third-order valence-electron chi connectivity index (χ3n) is 2.75. The highest BCUT2D eigenvalue weighted by molar-refractivity contribution is 5.94. The molecule has 106 valence electrons. The summed E-state index contributed by atoms with van der Waals surface area (Å²) in [5.74, 6) is -3.81. The van der Waals surface area contributed by atoms with Crippen molar-refractivity contribution in [3.05, 3.63) is 29.3 Å². The smallest absolute Gasteiger partial charge is 0.336 e. The van der Waals surface area contributed by atoms with E-state index < -0.39 is 23.2 Å². The minimum Gasteiger partial charge on any atom is -0.478 e. The van der Waals surface area contributed by atoms with E-state index >= 15 is 0 Å². The molecule has 1 heterocycles. The fraction of sp³-hybridized carbons (Fsp3) is 0.250. The van der Waals surface area contributed by atoms with Gasteiger partial charge in [0.1, 0.15) is 0 Å². The van der Waals surface area contributed by atoms with Crippen LogP contribution < -0.4 is 4.90 Å². The first-order valence-electron chi connectivity index (χ1n) is 5.71. The maximum absolute atomic E-state index is 13.3. The zero-order chi connectivity index (χ0) is 14.9. The van der Waals surface area contributed by atoms with E-state index in [9.17, 15) is 13.6 Å². The lowest BCUT2D eigenvalue weighted by atomic mass is 10.1. The molecule has 6 nitrogen and oxygen atoms in total. The summed E-state index contributed by atoms with van der Waals surface area (Å²) in [4.78, 5) is 16.7. The monoisotopic (exact) mass is 283 g/mol. The van der Waals surface area contributed by atoms with Crippen molar-refractivity contribution in [2.75, 3.05) is 18.5 Å². The Bertz CT molecular complexity index is 657. The molecule has 0 radical (unpaired) electrons. The van der Waals surface area contributed by atoms with E-state index in [1.54, 1.807) is 11.9 Å². The summed E-state index contributed by atoms with van der Waals surface area (Å²) in [6, 6.07) is 1.31. The molecule has 0 saturated carbocycles. The van der Waals surface area contributed by atoms with Crippen LogP contribution in [0.3, 0.4) is 0 Å². The molecule has 0 aliphatic heterocycles.